The van der Waals surface area contributed by atoms with Gasteiger partial charge in [0.2, 0.25) is 0 Å². The fraction of sp³-hybridized carbons (Fsp3) is 0.174. The zero-order chi connectivity index (χ0) is 21.9. The number of sulfonamides is 1. The van der Waals surface area contributed by atoms with Crippen molar-refractivity contribution in [2.45, 2.75) is 24.8 Å². The average Bonchev–Trinajstić information content (AvgIpc) is 2.73. The summed E-state index contributed by atoms with van der Waals surface area (Å²) in [6, 6.07) is 20.2. The van der Waals surface area contributed by atoms with Gasteiger partial charge in [0.05, 0.1) is 16.6 Å². The molecule has 0 heterocycles. The van der Waals surface area contributed by atoms with Gasteiger partial charge in [-0.2, -0.15) is 0 Å². The highest BCUT2D eigenvalue weighted by Crippen LogP contribution is 2.24. The molecule has 156 valence electrons. The van der Waals surface area contributed by atoms with Crippen molar-refractivity contribution < 1.29 is 13.2 Å². The van der Waals surface area contributed by atoms with Crippen LogP contribution in [-0.4, -0.2) is 21.4 Å². The molecule has 0 saturated heterocycles. The van der Waals surface area contributed by atoms with Gasteiger partial charge in [-0.05, 0) is 67.4 Å². The number of amides is 1. The predicted molar refractivity (Wildman–Crippen MR) is 121 cm³/mol. The standard InChI is InChI=1S/C23H23ClN2O3S/c1-16-7-4-5-10-22(16)17(2)25-23(27)18-8-6-9-20(15-18)26(3)30(28,29)21-13-11-19(24)12-14-21/h4-15,17H,1-3H3,(H,25,27)/t17-/m1/s1. The van der Waals surface area contributed by atoms with Crippen molar-refractivity contribution in [1.82, 2.24) is 5.32 Å². The number of hydrogen-bond acceptors (Lipinski definition) is 3. The smallest absolute Gasteiger partial charge is 0.264 e. The van der Waals surface area contributed by atoms with E-state index < -0.39 is 10.0 Å². The average molecular weight is 443 g/mol. The molecule has 0 fully saturated rings. The first-order chi connectivity index (χ1) is 14.2. The topological polar surface area (TPSA) is 66.5 Å². The van der Waals surface area contributed by atoms with Crippen LogP contribution in [0.4, 0.5) is 5.69 Å². The van der Waals surface area contributed by atoms with Gasteiger partial charge in [0.15, 0.2) is 0 Å². The highest BCUT2D eigenvalue weighted by Gasteiger charge is 2.22. The Morgan fingerprint density at radius 3 is 2.33 bits per heavy atom. The summed E-state index contributed by atoms with van der Waals surface area (Å²) in [6.07, 6.45) is 0. The molecule has 3 aromatic rings. The van der Waals surface area contributed by atoms with Crippen LogP contribution < -0.4 is 9.62 Å². The van der Waals surface area contributed by atoms with E-state index in [1.807, 2.05) is 38.1 Å². The Morgan fingerprint density at radius 1 is 1.00 bits per heavy atom. The lowest BCUT2D eigenvalue weighted by atomic mass is 10.0. The van der Waals surface area contributed by atoms with E-state index in [9.17, 15) is 13.2 Å². The number of halogens is 1. The number of anilines is 1. The van der Waals surface area contributed by atoms with Crippen molar-refractivity contribution in [3.05, 3.63) is 94.5 Å². The second-order valence-corrected chi connectivity index (χ2v) is 9.43. The largest absolute Gasteiger partial charge is 0.346 e. The molecule has 0 bridgehead atoms. The van der Waals surface area contributed by atoms with Crippen LogP contribution in [0.2, 0.25) is 5.02 Å². The van der Waals surface area contributed by atoms with Gasteiger partial charge in [0.25, 0.3) is 15.9 Å². The van der Waals surface area contributed by atoms with Crippen LogP contribution in [0.1, 0.15) is 34.5 Å². The Kier molecular flexibility index (Phi) is 6.48. The van der Waals surface area contributed by atoms with Crippen LogP contribution in [-0.2, 0) is 10.0 Å². The van der Waals surface area contributed by atoms with Crippen molar-refractivity contribution in [3.63, 3.8) is 0 Å². The Morgan fingerprint density at radius 2 is 1.67 bits per heavy atom. The molecule has 5 nitrogen and oxygen atoms in total. The molecule has 0 aliphatic rings. The predicted octanol–water partition coefficient (Wildman–Crippen LogP) is 4.96. The van der Waals surface area contributed by atoms with Crippen molar-refractivity contribution in [1.29, 1.82) is 0 Å². The molecule has 3 aromatic carbocycles. The first-order valence-corrected chi connectivity index (χ1v) is 11.2. The Bertz CT molecular complexity index is 1160. The summed E-state index contributed by atoms with van der Waals surface area (Å²) >= 11 is 5.86. The van der Waals surface area contributed by atoms with E-state index in [1.54, 1.807) is 24.3 Å². The van der Waals surface area contributed by atoms with Crippen LogP contribution >= 0.6 is 11.6 Å². The second-order valence-electron chi connectivity index (χ2n) is 7.03. The van der Waals surface area contributed by atoms with Crippen molar-refractivity contribution in [2.24, 2.45) is 0 Å². The number of nitrogens with one attached hydrogen (secondary N) is 1. The molecule has 1 N–H and O–H groups in total. The zero-order valence-corrected chi connectivity index (χ0v) is 18.5. The van der Waals surface area contributed by atoms with E-state index in [0.29, 0.717) is 16.3 Å². The summed E-state index contributed by atoms with van der Waals surface area (Å²) < 4.78 is 27.0. The van der Waals surface area contributed by atoms with Crippen molar-refractivity contribution >= 4 is 33.2 Å². The van der Waals surface area contributed by atoms with Crippen LogP contribution in [0.25, 0.3) is 0 Å². The van der Waals surface area contributed by atoms with E-state index in [2.05, 4.69) is 5.32 Å². The molecule has 7 heteroatoms. The Balaban J connectivity index is 1.82. The highest BCUT2D eigenvalue weighted by atomic mass is 35.5. The van der Waals surface area contributed by atoms with Crippen LogP contribution in [0.15, 0.2) is 77.7 Å². The van der Waals surface area contributed by atoms with E-state index >= 15 is 0 Å². The number of carbonyl (C=O) groups excluding carboxylic acids is 1. The summed E-state index contributed by atoms with van der Waals surface area (Å²) in [5.41, 5.74) is 2.89. The summed E-state index contributed by atoms with van der Waals surface area (Å²) in [4.78, 5) is 12.9. The zero-order valence-electron chi connectivity index (χ0n) is 17.0. The number of carbonyl (C=O) groups is 1. The first-order valence-electron chi connectivity index (χ1n) is 9.41. The minimum absolute atomic E-state index is 0.123. The van der Waals surface area contributed by atoms with Gasteiger partial charge in [-0.1, -0.05) is 41.9 Å². The van der Waals surface area contributed by atoms with Gasteiger partial charge in [-0.15, -0.1) is 0 Å². The van der Waals surface area contributed by atoms with E-state index in [0.717, 1.165) is 15.4 Å². The van der Waals surface area contributed by atoms with Crippen molar-refractivity contribution in [2.75, 3.05) is 11.4 Å². The third-order valence-corrected chi connectivity index (χ3v) is 7.00. The number of aryl methyl sites for hydroxylation is 1. The number of rotatable bonds is 6. The number of nitrogens with zero attached hydrogens (tertiary/aromatic N) is 1. The lowest BCUT2D eigenvalue weighted by Crippen LogP contribution is -2.29. The molecule has 1 amide bonds. The summed E-state index contributed by atoms with van der Waals surface area (Å²) in [5, 5.41) is 3.43. The number of hydrogen-bond donors (Lipinski definition) is 1. The fourth-order valence-corrected chi connectivity index (χ4v) is 4.49. The van der Waals surface area contributed by atoms with Gasteiger partial charge in [0.1, 0.15) is 0 Å². The maximum Gasteiger partial charge on any atom is 0.264 e. The molecule has 0 aromatic heterocycles. The molecule has 0 spiro atoms. The monoisotopic (exact) mass is 442 g/mol. The third kappa shape index (κ3) is 4.66. The van der Waals surface area contributed by atoms with Crippen molar-refractivity contribution in [3.8, 4) is 0 Å². The maximum atomic E-state index is 12.9. The van der Waals surface area contributed by atoms with Gasteiger partial charge in [0, 0.05) is 17.6 Å². The summed E-state index contributed by atoms with van der Waals surface area (Å²) in [7, 11) is -2.32. The Hall–Kier alpha value is -2.83. The van der Waals surface area contributed by atoms with E-state index in [4.69, 9.17) is 11.6 Å². The van der Waals surface area contributed by atoms with E-state index in [-0.39, 0.29) is 16.8 Å². The molecule has 0 radical (unpaired) electrons. The minimum Gasteiger partial charge on any atom is -0.346 e. The Labute approximate surface area is 182 Å². The van der Waals surface area contributed by atoms with Gasteiger partial charge >= 0.3 is 0 Å². The summed E-state index contributed by atoms with van der Waals surface area (Å²) in [5.74, 6) is -0.273. The summed E-state index contributed by atoms with van der Waals surface area (Å²) in [6.45, 7) is 3.91. The van der Waals surface area contributed by atoms with Gasteiger partial charge in [-0.25, -0.2) is 8.42 Å². The van der Waals surface area contributed by atoms with Gasteiger partial charge in [-0.3, -0.25) is 9.10 Å². The lowest BCUT2D eigenvalue weighted by molar-refractivity contribution is 0.0940. The molecule has 0 saturated carbocycles. The van der Waals surface area contributed by atoms with Crippen LogP contribution in [0, 0.1) is 6.92 Å². The maximum absolute atomic E-state index is 12.9. The number of benzene rings is 3. The molecule has 30 heavy (non-hydrogen) atoms. The first kappa shape index (κ1) is 21.9. The van der Waals surface area contributed by atoms with Crippen LogP contribution in [0.3, 0.4) is 0 Å². The lowest BCUT2D eigenvalue weighted by Gasteiger charge is -2.21. The third-order valence-electron chi connectivity index (χ3n) is 4.95. The molecular weight excluding hydrogens is 420 g/mol. The van der Waals surface area contributed by atoms with Gasteiger partial charge < -0.3 is 5.32 Å². The van der Waals surface area contributed by atoms with Crippen LogP contribution in [0.5, 0.6) is 0 Å². The quantitative estimate of drug-likeness (QED) is 0.586. The fourth-order valence-electron chi connectivity index (χ4n) is 3.18. The normalized spacial score (nSPS) is 12.3. The SMILES string of the molecule is Cc1ccccc1[C@@H](C)NC(=O)c1cccc(N(C)S(=O)(=O)c2ccc(Cl)cc2)c1. The molecule has 0 aliphatic heterocycles. The molecule has 3 rings (SSSR count). The molecular formula is C23H23ClN2O3S. The molecule has 0 aliphatic carbocycles. The molecule has 0 unspecified atom stereocenters. The van der Waals surface area contributed by atoms with E-state index in [1.165, 1.54) is 31.3 Å². The minimum atomic E-state index is -3.78. The molecule has 1 atom stereocenters. The highest BCUT2D eigenvalue weighted by molar-refractivity contribution is 7.92. The second kappa shape index (κ2) is 8.90.